The highest BCUT2D eigenvalue weighted by molar-refractivity contribution is 6.16. The summed E-state index contributed by atoms with van der Waals surface area (Å²) in [4.78, 5) is 49.7. The molecule has 15 rings (SSSR count). The van der Waals surface area contributed by atoms with Crippen LogP contribution in [-0.4, -0.2) is 51.6 Å². The van der Waals surface area contributed by atoms with Gasteiger partial charge in [-0.05, 0) is 109 Å². The smallest absolute Gasteiger partial charge is 0.163 e. The van der Waals surface area contributed by atoms with Crippen molar-refractivity contribution in [2.24, 2.45) is 4.99 Å². The fourth-order valence-electron chi connectivity index (χ4n) is 11.4. The van der Waals surface area contributed by atoms with E-state index >= 15 is 0 Å². The summed E-state index contributed by atoms with van der Waals surface area (Å²) < 4.78 is 14.2. The highest BCUT2D eigenvalue weighted by atomic mass is 16.3. The van der Waals surface area contributed by atoms with E-state index in [1.54, 1.807) is 43.4 Å². The topological polar surface area (TPSA) is 155 Å². The lowest BCUT2D eigenvalue weighted by atomic mass is 9.93. The van der Waals surface area contributed by atoms with E-state index in [4.69, 9.17) is 38.7 Å². The molecule has 15 aromatic rings. The summed E-state index contributed by atoms with van der Waals surface area (Å²) in [5.41, 5.74) is 19.3. The van der Waals surface area contributed by atoms with Gasteiger partial charge in [0.25, 0.3) is 0 Å². The molecule has 0 N–H and O–H groups in total. The number of hydrogen-bond acceptors (Lipinski definition) is 12. The van der Waals surface area contributed by atoms with Crippen molar-refractivity contribution < 1.29 is 8.83 Å². The standard InChI is InChI=1S/C75H48N10O2/c1-3-46(28-35-76-2)66-64(67(49-29-36-77-37-30-49)83-74(82-66)52-20-12-6-13-21-52)54-24-26-62-56(42-54)57-44-60(47-16-8-4-9-17-47)81-71(72(57)86-62)59-45-61(48-18-10-5-11-19-48)80-70-58-43-55(25-27-63(58)87-73(59)70)65-68(50-31-38-78-39-32-50)84-75(53-22-14-7-15-23-53)85-69(65)51-33-40-79-41-34-51/h3-45H,2H2,1H3/b35-28-,46-3+. The molecule has 9 heterocycles. The minimum absolute atomic E-state index is 0.546. The first-order chi connectivity index (χ1) is 43.0. The van der Waals surface area contributed by atoms with Crippen LogP contribution in [0.1, 0.15) is 12.6 Å². The molecule has 0 unspecified atom stereocenters. The lowest BCUT2D eigenvalue weighted by Gasteiger charge is -2.17. The SMILES string of the molecule is C=N/C=C\C(=C/C)c1nc(-c2ccccc2)nc(-c2ccncc2)c1-c1ccc2oc3c(-c4cc(-c5ccccc5)nc5c4oc4ccc(-c6c(-c7ccncc7)nc(-c7ccccc7)nc6-c6ccncc6)cc45)nc(-c4ccccc4)cc3c2c1. The first-order valence-electron chi connectivity index (χ1n) is 28.4. The van der Waals surface area contributed by atoms with Gasteiger partial charge in [0.05, 0.1) is 39.7 Å². The maximum absolute atomic E-state index is 7.13. The van der Waals surface area contributed by atoms with Crippen molar-refractivity contribution in [3.8, 4) is 113 Å². The van der Waals surface area contributed by atoms with E-state index in [1.807, 2.05) is 165 Å². The molecule has 0 aliphatic heterocycles. The molecule has 12 nitrogen and oxygen atoms in total. The lowest BCUT2D eigenvalue weighted by Crippen LogP contribution is -2.03. The van der Waals surface area contributed by atoms with Crippen molar-refractivity contribution >= 4 is 56.3 Å². The first kappa shape index (κ1) is 51.8. The highest BCUT2D eigenvalue weighted by Crippen LogP contribution is 2.47. The van der Waals surface area contributed by atoms with Gasteiger partial charge in [0.2, 0.25) is 0 Å². The summed E-state index contributed by atoms with van der Waals surface area (Å²) in [5, 5.41) is 2.51. The van der Waals surface area contributed by atoms with E-state index in [-0.39, 0.29) is 0 Å². The Hall–Kier alpha value is -12.0. The maximum atomic E-state index is 7.13. The minimum Gasteiger partial charge on any atom is -0.454 e. The molecule has 0 saturated heterocycles. The molecular formula is C75H48N10O2. The second kappa shape index (κ2) is 22.3. The van der Waals surface area contributed by atoms with Crippen molar-refractivity contribution in [3.63, 3.8) is 0 Å². The van der Waals surface area contributed by atoms with Gasteiger partial charge in [0, 0.05) is 110 Å². The van der Waals surface area contributed by atoms with Crippen LogP contribution in [0.4, 0.5) is 0 Å². The molecule has 410 valence electrons. The molecule has 0 radical (unpaired) electrons. The van der Waals surface area contributed by atoms with Crippen molar-refractivity contribution in [3.05, 3.63) is 267 Å². The third-order valence-corrected chi connectivity index (χ3v) is 15.5. The Kier molecular flexibility index (Phi) is 13.3. The molecule has 0 aliphatic rings. The monoisotopic (exact) mass is 1120 g/mol. The summed E-state index contributed by atoms with van der Waals surface area (Å²) in [6.45, 7) is 5.74. The maximum Gasteiger partial charge on any atom is 0.163 e. The van der Waals surface area contributed by atoms with E-state index in [9.17, 15) is 0 Å². The Morgan fingerprint density at radius 2 is 0.851 bits per heavy atom. The zero-order valence-corrected chi connectivity index (χ0v) is 46.8. The lowest BCUT2D eigenvalue weighted by molar-refractivity contribution is 0.663. The van der Waals surface area contributed by atoms with Crippen molar-refractivity contribution in [2.45, 2.75) is 6.92 Å². The number of fused-ring (bicyclic) bond motifs is 6. The number of pyridine rings is 5. The summed E-state index contributed by atoms with van der Waals surface area (Å²) >= 11 is 0. The van der Waals surface area contributed by atoms with Crippen LogP contribution in [0, 0.1) is 0 Å². The van der Waals surface area contributed by atoms with Gasteiger partial charge in [0.15, 0.2) is 22.8 Å². The fourth-order valence-corrected chi connectivity index (χ4v) is 11.4. The highest BCUT2D eigenvalue weighted by Gasteiger charge is 2.27. The Bertz CT molecular complexity index is 5090. The third kappa shape index (κ3) is 9.58. The zero-order valence-electron chi connectivity index (χ0n) is 46.8. The summed E-state index contributed by atoms with van der Waals surface area (Å²) in [6, 6.07) is 69.0. The third-order valence-electron chi connectivity index (χ3n) is 15.5. The van der Waals surface area contributed by atoms with Crippen LogP contribution in [0.25, 0.3) is 162 Å². The predicted molar refractivity (Wildman–Crippen MR) is 348 cm³/mol. The zero-order chi connectivity index (χ0) is 58.2. The summed E-state index contributed by atoms with van der Waals surface area (Å²) in [5.74, 6) is 1.17. The number of rotatable bonds is 13. The molecule has 87 heavy (non-hydrogen) atoms. The molecule has 0 atom stereocenters. The Morgan fingerprint density at radius 3 is 1.38 bits per heavy atom. The number of aliphatic imine (C=N–C) groups is 1. The van der Waals surface area contributed by atoms with Crippen molar-refractivity contribution in [2.75, 3.05) is 0 Å². The van der Waals surface area contributed by atoms with Crippen molar-refractivity contribution in [1.29, 1.82) is 0 Å². The van der Waals surface area contributed by atoms with Gasteiger partial charge in [-0.15, -0.1) is 0 Å². The van der Waals surface area contributed by atoms with Gasteiger partial charge in [-0.25, -0.2) is 29.9 Å². The first-order valence-corrected chi connectivity index (χ1v) is 28.4. The van der Waals surface area contributed by atoms with E-state index in [1.165, 1.54) is 0 Å². The Balaban J connectivity index is 0.988. The predicted octanol–water partition coefficient (Wildman–Crippen LogP) is 18.3. The molecular weight excluding hydrogens is 1070 g/mol. The largest absolute Gasteiger partial charge is 0.454 e. The van der Waals surface area contributed by atoms with Gasteiger partial charge in [-0.3, -0.25) is 19.9 Å². The number of benzene rings is 6. The Morgan fingerprint density at radius 1 is 0.391 bits per heavy atom. The second-order valence-electron chi connectivity index (χ2n) is 20.7. The molecule has 0 amide bonds. The fraction of sp³-hybridized carbons (Fsp3) is 0.0133. The molecule has 0 bridgehead atoms. The van der Waals surface area contributed by atoms with E-state index in [0.717, 1.165) is 117 Å². The summed E-state index contributed by atoms with van der Waals surface area (Å²) in [7, 11) is 0. The van der Waals surface area contributed by atoms with E-state index < -0.39 is 0 Å². The van der Waals surface area contributed by atoms with Gasteiger partial charge in [-0.1, -0.05) is 140 Å². The van der Waals surface area contributed by atoms with Gasteiger partial charge < -0.3 is 8.83 Å². The average Bonchev–Trinajstić information content (AvgIpc) is 1.79. The van der Waals surface area contributed by atoms with Crippen LogP contribution in [0.2, 0.25) is 0 Å². The Labute approximate surface area is 499 Å². The van der Waals surface area contributed by atoms with Crippen LogP contribution < -0.4 is 0 Å². The van der Waals surface area contributed by atoms with Crippen LogP contribution in [0.15, 0.2) is 276 Å². The number of furan rings is 2. The van der Waals surface area contributed by atoms with Gasteiger partial charge in [-0.2, -0.15) is 0 Å². The van der Waals surface area contributed by atoms with Crippen LogP contribution >= 0.6 is 0 Å². The summed E-state index contributed by atoms with van der Waals surface area (Å²) in [6.07, 6.45) is 16.4. The molecule has 9 aromatic heterocycles. The van der Waals surface area contributed by atoms with E-state index in [2.05, 4.69) is 87.3 Å². The van der Waals surface area contributed by atoms with E-state index in [0.29, 0.717) is 50.8 Å². The quantitative estimate of drug-likeness (QED) is 0.0800. The molecule has 0 spiro atoms. The van der Waals surface area contributed by atoms with Crippen LogP contribution in [0.5, 0.6) is 0 Å². The molecule has 12 heteroatoms. The van der Waals surface area contributed by atoms with Gasteiger partial charge >= 0.3 is 0 Å². The van der Waals surface area contributed by atoms with Crippen LogP contribution in [-0.2, 0) is 0 Å². The number of hydrogen-bond donors (Lipinski definition) is 0. The average molecular weight is 1120 g/mol. The molecule has 0 saturated carbocycles. The number of aromatic nitrogens is 9. The molecule has 6 aromatic carbocycles. The number of nitrogens with zero attached hydrogens (tertiary/aromatic N) is 10. The van der Waals surface area contributed by atoms with Crippen molar-refractivity contribution in [1.82, 2.24) is 44.9 Å². The van der Waals surface area contributed by atoms with Crippen LogP contribution in [0.3, 0.4) is 0 Å². The normalized spacial score (nSPS) is 11.8. The number of allylic oxidation sites excluding steroid dienone is 3. The minimum atomic E-state index is 0.546. The van der Waals surface area contributed by atoms with Gasteiger partial charge in [0.1, 0.15) is 22.4 Å². The molecule has 0 aliphatic carbocycles. The second-order valence-corrected chi connectivity index (χ2v) is 20.7. The molecule has 0 fully saturated rings.